The number of aliphatic carboxylic acids is 1. The van der Waals surface area contributed by atoms with E-state index in [-0.39, 0.29) is 5.92 Å². The van der Waals surface area contributed by atoms with Gasteiger partial charge in [-0.1, -0.05) is 119 Å². The van der Waals surface area contributed by atoms with Gasteiger partial charge in [-0.3, -0.25) is 4.79 Å². The van der Waals surface area contributed by atoms with Gasteiger partial charge < -0.3 is 5.11 Å². The van der Waals surface area contributed by atoms with Crippen LogP contribution in [-0.4, -0.2) is 11.1 Å². The highest BCUT2D eigenvalue weighted by Gasteiger charge is 2.22. The first-order valence-corrected chi connectivity index (χ1v) is 15.6. The fraction of sp³-hybridized carbons (Fsp3) is 0.486. The molecule has 1 saturated carbocycles. The van der Waals surface area contributed by atoms with E-state index in [4.69, 9.17) is 0 Å². The fourth-order valence-corrected chi connectivity index (χ4v) is 6.55. The molecule has 0 saturated heterocycles. The molecular formula is C37H48O2. The van der Waals surface area contributed by atoms with Crippen molar-refractivity contribution < 1.29 is 9.90 Å². The number of rotatable bonds is 14. The minimum absolute atomic E-state index is 0.225. The maximum absolute atomic E-state index is 11.6. The second-order valence-electron chi connectivity index (χ2n) is 11.8. The minimum Gasteiger partial charge on any atom is -0.481 e. The molecule has 1 aliphatic rings. The molecule has 0 aromatic heterocycles. The van der Waals surface area contributed by atoms with Gasteiger partial charge in [-0.2, -0.15) is 0 Å². The number of aryl methyl sites for hydroxylation is 1. The van der Waals surface area contributed by atoms with E-state index in [0.29, 0.717) is 5.92 Å². The molecule has 1 fully saturated rings. The van der Waals surface area contributed by atoms with E-state index in [1.165, 1.54) is 84.7 Å². The van der Waals surface area contributed by atoms with E-state index in [1.807, 2.05) is 0 Å². The van der Waals surface area contributed by atoms with Gasteiger partial charge in [0, 0.05) is 0 Å². The third-order valence-corrected chi connectivity index (χ3v) is 8.93. The second kappa shape index (κ2) is 15.1. The molecule has 0 spiro atoms. The molecule has 2 nitrogen and oxygen atoms in total. The molecule has 208 valence electrons. The van der Waals surface area contributed by atoms with Crippen molar-refractivity contribution >= 4 is 5.97 Å². The molecule has 0 radical (unpaired) electrons. The summed E-state index contributed by atoms with van der Waals surface area (Å²) in [6, 6.07) is 26.9. The van der Waals surface area contributed by atoms with E-state index in [0.717, 1.165) is 38.0 Å². The van der Waals surface area contributed by atoms with Crippen molar-refractivity contribution in [1.29, 1.82) is 0 Å². The van der Waals surface area contributed by atoms with Crippen LogP contribution in [0.15, 0.2) is 72.8 Å². The average Bonchev–Trinajstić information content (AvgIpc) is 2.97. The lowest BCUT2D eigenvalue weighted by atomic mass is 9.77. The summed E-state index contributed by atoms with van der Waals surface area (Å²) in [4.78, 5) is 11.6. The fourth-order valence-electron chi connectivity index (χ4n) is 6.55. The third-order valence-electron chi connectivity index (χ3n) is 8.93. The summed E-state index contributed by atoms with van der Waals surface area (Å²) >= 11 is 0. The number of hydrogen-bond donors (Lipinski definition) is 1. The van der Waals surface area contributed by atoms with Crippen molar-refractivity contribution in [1.82, 2.24) is 0 Å². The van der Waals surface area contributed by atoms with Gasteiger partial charge in [-0.25, -0.2) is 0 Å². The Morgan fingerprint density at radius 2 is 1.49 bits per heavy atom. The van der Waals surface area contributed by atoms with Crippen molar-refractivity contribution in [2.45, 2.75) is 103 Å². The predicted octanol–water partition coefficient (Wildman–Crippen LogP) is 10.7. The molecule has 1 N–H and O–H groups in total. The molecule has 3 aromatic carbocycles. The number of carboxylic acid groups (broad SMARTS) is 1. The van der Waals surface area contributed by atoms with E-state index in [2.05, 4.69) is 86.6 Å². The molecule has 1 atom stereocenters. The Balaban J connectivity index is 1.48. The summed E-state index contributed by atoms with van der Waals surface area (Å²) < 4.78 is 0. The topological polar surface area (TPSA) is 37.3 Å². The SMILES string of the molecule is CCCCCC1CCC(c2ccc(-c3cc(CCCC(CCC)C(=O)O)ccc3-c3ccccc3)cc2)CC1. The molecule has 39 heavy (non-hydrogen) atoms. The Bertz CT molecular complexity index is 1140. The maximum Gasteiger partial charge on any atom is 0.306 e. The van der Waals surface area contributed by atoms with Crippen LogP contribution in [0.3, 0.4) is 0 Å². The standard InChI is InChI=1S/C37H48O2/c1-3-5-7-12-28-17-20-30(21-18-28)31-22-24-33(25-23-31)36-27-29(13-10-16-34(11-4-2)37(38)39)19-26-35(36)32-14-8-6-9-15-32/h6,8-9,14-15,19,22-28,30,34H,3-5,7,10-13,16-18,20-21H2,1-2H3,(H,38,39). The monoisotopic (exact) mass is 524 g/mol. The highest BCUT2D eigenvalue weighted by Crippen LogP contribution is 2.39. The summed E-state index contributed by atoms with van der Waals surface area (Å²) in [6.07, 6.45) is 15.2. The van der Waals surface area contributed by atoms with Gasteiger partial charge >= 0.3 is 5.97 Å². The molecule has 4 rings (SSSR count). The molecule has 3 aromatic rings. The molecular weight excluding hydrogens is 476 g/mol. The first-order chi connectivity index (χ1) is 19.1. The van der Waals surface area contributed by atoms with Gasteiger partial charge in [0.25, 0.3) is 0 Å². The van der Waals surface area contributed by atoms with Crippen molar-refractivity contribution in [3.63, 3.8) is 0 Å². The van der Waals surface area contributed by atoms with Gasteiger partial charge in [0.2, 0.25) is 0 Å². The van der Waals surface area contributed by atoms with Crippen LogP contribution in [0.1, 0.15) is 108 Å². The van der Waals surface area contributed by atoms with Crippen LogP contribution in [-0.2, 0) is 11.2 Å². The van der Waals surface area contributed by atoms with Crippen molar-refractivity contribution in [2.75, 3.05) is 0 Å². The van der Waals surface area contributed by atoms with Crippen LogP contribution < -0.4 is 0 Å². The van der Waals surface area contributed by atoms with Crippen LogP contribution in [0.25, 0.3) is 22.3 Å². The first kappa shape index (κ1) is 29.1. The van der Waals surface area contributed by atoms with Crippen molar-refractivity contribution in [3.8, 4) is 22.3 Å². The van der Waals surface area contributed by atoms with Crippen molar-refractivity contribution in [2.24, 2.45) is 11.8 Å². The third kappa shape index (κ3) is 8.31. The molecule has 0 heterocycles. The summed E-state index contributed by atoms with van der Waals surface area (Å²) in [5.74, 6) is 0.766. The van der Waals surface area contributed by atoms with Crippen LogP contribution in [0.5, 0.6) is 0 Å². The first-order valence-electron chi connectivity index (χ1n) is 15.6. The lowest BCUT2D eigenvalue weighted by molar-refractivity contribution is -0.142. The van der Waals surface area contributed by atoms with Crippen LogP contribution in [0.4, 0.5) is 0 Å². The number of hydrogen-bond acceptors (Lipinski definition) is 1. The molecule has 0 amide bonds. The zero-order valence-corrected chi connectivity index (χ0v) is 24.2. The summed E-state index contributed by atoms with van der Waals surface area (Å²) in [5.41, 5.74) is 7.82. The van der Waals surface area contributed by atoms with Crippen LogP contribution in [0, 0.1) is 11.8 Å². The van der Waals surface area contributed by atoms with Gasteiger partial charge in [-0.15, -0.1) is 0 Å². The predicted molar refractivity (Wildman–Crippen MR) is 165 cm³/mol. The lowest BCUT2D eigenvalue weighted by Crippen LogP contribution is -2.13. The Kier molecular flexibility index (Phi) is 11.2. The van der Waals surface area contributed by atoms with E-state index in [1.54, 1.807) is 0 Å². The van der Waals surface area contributed by atoms with Crippen molar-refractivity contribution in [3.05, 3.63) is 83.9 Å². The highest BCUT2D eigenvalue weighted by atomic mass is 16.4. The van der Waals surface area contributed by atoms with E-state index < -0.39 is 5.97 Å². The Morgan fingerprint density at radius 1 is 0.769 bits per heavy atom. The zero-order chi connectivity index (χ0) is 27.5. The molecule has 0 aliphatic heterocycles. The van der Waals surface area contributed by atoms with Crippen LogP contribution >= 0.6 is 0 Å². The lowest BCUT2D eigenvalue weighted by Gasteiger charge is -2.29. The molecule has 0 bridgehead atoms. The summed E-state index contributed by atoms with van der Waals surface area (Å²) in [6.45, 7) is 4.36. The zero-order valence-electron chi connectivity index (χ0n) is 24.2. The number of carbonyl (C=O) groups is 1. The molecule has 1 unspecified atom stereocenters. The van der Waals surface area contributed by atoms with Gasteiger partial charge in [0.1, 0.15) is 0 Å². The largest absolute Gasteiger partial charge is 0.481 e. The van der Waals surface area contributed by atoms with Gasteiger partial charge in [-0.05, 0) is 96.6 Å². The van der Waals surface area contributed by atoms with Crippen LogP contribution in [0.2, 0.25) is 0 Å². The smallest absolute Gasteiger partial charge is 0.306 e. The second-order valence-corrected chi connectivity index (χ2v) is 11.8. The quantitative estimate of drug-likeness (QED) is 0.213. The van der Waals surface area contributed by atoms with Gasteiger partial charge in [0.15, 0.2) is 0 Å². The number of unbranched alkanes of at least 4 members (excludes halogenated alkanes) is 2. The Hall–Kier alpha value is -2.87. The Labute approximate surface area is 236 Å². The Morgan fingerprint density at radius 3 is 2.15 bits per heavy atom. The van der Waals surface area contributed by atoms with Gasteiger partial charge in [0.05, 0.1) is 5.92 Å². The van der Waals surface area contributed by atoms with E-state index >= 15 is 0 Å². The van der Waals surface area contributed by atoms with E-state index in [9.17, 15) is 9.90 Å². The number of carboxylic acids is 1. The highest BCUT2D eigenvalue weighted by molar-refractivity contribution is 5.84. The normalized spacial score (nSPS) is 18.1. The maximum atomic E-state index is 11.6. The molecule has 2 heteroatoms. The minimum atomic E-state index is -0.651. The molecule has 1 aliphatic carbocycles. The average molecular weight is 525 g/mol. The summed E-state index contributed by atoms with van der Waals surface area (Å²) in [5, 5.41) is 9.53. The summed E-state index contributed by atoms with van der Waals surface area (Å²) in [7, 11) is 0. The number of benzene rings is 3.